The summed E-state index contributed by atoms with van der Waals surface area (Å²) in [5.41, 5.74) is 0.221. The smallest absolute Gasteiger partial charge is 0.311 e. The minimum absolute atomic E-state index is 0.0283. The van der Waals surface area contributed by atoms with Gasteiger partial charge in [0.2, 0.25) is 0 Å². The first-order valence-corrected chi connectivity index (χ1v) is 8.01. The summed E-state index contributed by atoms with van der Waals surface area (Å²) in [4.78, 5) is 37.8. The third-order valence-corrected chi connectivity index (χ3v) is 5.00. The molecule has 1 aliphatic carbocycles. The third kappa shape index (κ3) is 2.56. The van der Waals surface area contributed by atoms with Gasteiger partial charge in [0.05, 0.1) is 11.0 Å². The molecule has 2 heterocycles. The molecule has 23 heavy (non-hydrogen) atoms. The van der Waals surface area contributed by atoms with Crippen molar-refractivity contribution in [3.8, 4) is 0 Å². The van der Waals surface area contributed by atoms with Crippen LogP contribution in [0.3, 0.4) is 0 Å². The van der Waals surface area contributed by atoms with Crippen molar-refractivity contribution >= 4 is 17.7 Å². The average molecular weight is 319 g/mol. The van der Waals surface area contributed by atoms with E-state index in [1.807, 2.05) is 0 Å². The molecule has 1 aromatic heterocycles. The van der Waals surface area contributed by atoms with E-state index >= 15 is 0 Å². The van der Waals surface area contributed by atoms with E-state index in [0.717, 1.165) is 6.42 Å². The maximum atomic E-state index is 12.8. The molecule has 0 radical (unpaired) electrons. The second-order valence-electron chi connectivity index (χ2n) is 6.83. The molecule has 1 amide bonds. The third-order valence-electron chi connectivity index (χ3n) is 5.00. The number of carbonyl (C=O) groups is 3. The van der Waals surface area contributed by atoms with Crippen molar-refractivity contribution in [3.63, 3.8) is 0 Å². The number of carbonyl (C=O) groups excluding carboxylic acids is 2. The fourth-order valence-electron chi connectivity index (χ4n) is 3.58. The highest BCUT2D eigenvalue weighted by Gasteiger charge is 2.41. The summed E-state index contributed by atoms with van der Waals surface area (Å²) in [7, 11) is 0. The van der Waals surface area contributed by atoms with Gasteiger partial charge in [0.1, 0.15) is 5.76 Å². The zero-order chi connectivity index (χ0) is 16.8. The van der Waals surface area contributed by atoms with Gasteiger partial charge < -0.3 is 14.4 Å². The lowest BCUT2D eigenvalue weighted by Crippen LogP contribution is -2.48. The van der Waals surface area contributed by atoms with Gasteiger partial charge in [0.15, 0.2) is 11.5 Å². The van der Waals surface area contributed by atoms with Crippen LogP contribution in [0.4, 0.5) is 0 Å². The Labute approximate surface area is 134 Å². The van der Waals surface area contributed by atoms with E-state index in [1.54, 1.807) is 18.7 Å². The van der Waals surface area contributed by atoms with Crippen LogP contribution < -0.4 is 0 Å². The highest BCUT2D eigenvalue weighted by atomic mass is 16.4. The summed E-state index contributed by atoms with van der Waals surface area (Å²) in [5, 5.41) is 9.38. The number of aliphatic carboxylic acids is 1. The number of piperidine rings is 1. The number of carboxylic acid groups (broad SMARTS) is 1. The first kappa shape index (κ1) is 15.8. The average Bonchev–Trinajstić information content (AvgIpc) is 2.85. The van der Waals surface area contributed by atoms with Crippen LogP contribution in [0.5, 0.6) is 0 Å². The molecular formula is C17H21NO5. The van der Waals surface area contributed by atoms with Gasteiger partial charge in [-0.25, -0.2) is 0 Å². The molecule has 6 nitrogen and oxygen atoms in total. The lowest BCUT2D eigenvalue weighted by atomic mass is 9.82. The number of likely N-dealkylation sites (tertiary alicyclic amines) is 1. The summed E-state index contributed by atoms with van der Waals surface area (Å²) in [6, 6.07) is 0. The monoisotopic (exact) mass is 319 g/mol. The van der Waals surface area contributed by atoms with Crippen molar-refractivity contribution in [2.24, 2.45) is 5.41 Å². The van der Waals surface area contributed by atoms with Gasteiger partial charge in [0, 0.05) is 31.5 Å². The van der Waals surface area contributed by atoms with Crippen molar-refractivity contribution < 1.29 is 23.9 Å². The summed E-state index contributed by atoms with van der Waals surface area (Å²) in [5.74, 6) is -0.377. The molecule has 1 fully saturated rings. The molecule has 1 aliphatic heterocycles. The van der Waals surface area contributed by atoms with Crippen molar-refractivity contribution in [2.75, 3.05) is 13.1 Å². The van der Waals surface area contributed by atoms with Crippen LogP contribution in [0.1, 0.15) is 64.8 Å². The molecular weight excluding hydrogens is 298 g/mol. The molecule has 6 heteroatoms. The number of aryl methyl sites for hydroxylation is 1. The molecule has 0 aromatic carbocycles. The topological polar surface area (TPSA) is 87.8 Å². The van der Waals surface area contributed by atoms with Crippen molar-refractivity contribution in [2.45, 2.75) is 46.0 Å². The molecule has 1 N–H and O–H groups in total. The number of rotatable bonds is 2. The number of furan rings is 1. The van der Waals surface area contributed by atoms with Crippen LogP contribution in [-0.4, -0.2) is 40.8 Å². The van der Waals surface area contributed by atoms with Crippen LogP contribution in [0, 0.1) is 12.3 Å². The number of Topliss-reactive ketones (excluding diaryl/α,β-unsaturated/α-hetero) is 1. The van der Waals surface area contributed by atoms with Crippen LogP contribution in [0.15, 0.2) is 4.42 Å². The molecule has 1 atom stereocenters. The first-order valence-electron chi connectivity index (χ1n) is 8.01. The molecule has 124 valence electrons. The Morgan fingerprint density at radius 1 is 1.26 bits per heavy atom. The fraction of sp³-hybridized carbons (Fsp3) is 0.588. The van der Waals surface area contributed by atoms with Gasteiger partial charge in [-0.05, 0) is 33.1 Å². The lowest BCUT2D eigenvalue weighted by Gasteiger charge is -2.37. The molecule has 0 bridgehead atoms. The number of hydrogen-bond donors (Lipinski definition) is 1. The SMILES string of the molecule is Cc1c(C(=O)N2CCCC(C)(C(=O)O)C2)oc2c1C(=O)CCC2. The van der Waals surface area contributed by atoms with Crippen molar-refractivity contribution in [3.05, 3.63) is 22.6 Å². The molecule has 1 unspecified atom stereocenters. The minimum atomic E-state index is -0.927. The van der Waals surface area contributed by atoms with Gasteiger partial charge in [-0.15, -0.1) is 0 Å². The maximum Gasteiger partial charge on any atom is 0.311 e. The Hall–Kier alpha value is -2.11. The molecule has 2 aliphatic rings. The molecule has 0 spiro atoms. The van der Waals surface area contributed by atoms with Gasteiger partial charge in [0.25, 0.3) is 5.91 Å². The fourth-order valence-corrected chi connectivity index (χ4v) is 3.58. The largest absolute Gasteiger partial charge is 0.481 e. The zero-order valence-electron chi connectivity index (χ0n) is 13.5. The van der Waals surface area contributed by atoms with E-state index in [1.165, 1.54) is 0 Å². The summed E-state index contributed by atoms with van der Waals surface area (Å²) in [6.07, 6.45) is 3.10. The number of amides is 1. The van der Waals surface area contributed by atoms with E-state index < -0.39 is 11.4 Å². The van der Waals surface area contributed by atoms with Gasteiger partial charge in [-0.3, -0.25) is 14.4 Å². The standard InChI is InChI=1S/C17H21NO5/c1-10-13-11(19)5-3-6-12(13)23-14(10)15(20)18-8-4-7-17(2,9-18)16(21)22/h3-9H2,1-2H3,(H,21,22). The first-order chi connectivity index (χ1) is 10.8. The number of ketones is 1. The van der Waals surface area contributed by atoms with Gasteiger partial charge >= 0.3 is 5.97 Å². The predicted octanol–water partition coefficient (Wildman–Crippen LogP) is 2.43. The van der Waals surface area contributed by atoms with Crippen LogP contribution in [0.25, 0.3) is 0 Å². The second kappa shape index (κ2) is 5.51. The van der Waals surface area contributed by atoms with Gasteiger partial charge in [-0.2, -0.15) is 0 Å². The Kier molecular flexibility index (Phi) is 3.78. The predicted molar refractivity (Wildman–Crippen MR) is 81.6 cm³/mol. The van der Waals surface area contributed by atoms with Gasteiger partial charge in [-0.1, -0.05) is 0 Å². The Morgan fingerprint density at radius 2 is 2.00 bits per heavy atom. The van der Waals surface area contributed by atoms with Crippen LogP contribution in [0.2, 0.25) is 0 Å². The van der Waals surface area contributed by atoms with E-state index in [9.17, 15) is 19.5 Å². The Bertz CT molecular complexity index is 689. The number of fused-ring (bicyclic) bond motifs is 1. The number of nitrogens with zero attached hydrogens (tertiary/aromatic N) is 1. The Morgan fingerprint density at radius 3 is 2.65 bits per heavy atom. The minimum Gasteiger partial charge on any atom is -0.481 e. The van der Waals surface area contributed by atoms with Crippen molar-refractivity contribution in [1.82, 2.24) is 4.90 Å². The number of carboxylic acids is 1. The summed E-state index contributed by atoms with van der Waals surface area (Å²) >= 11 is 0. The summed E-state index contributed by atoms with van der Waals surface area (Å²) in [6.45, 7) is 4.08. The Balaban J connectivity index is 1.89. The van der Waals surface area contributed by atoms with Crippen molar-refractivity contribution in [1.29, 1.82) is 0 Å². The van der Waals surface area contributed by atoms with E-state index in [-0.39, 0.29) is 24.0 Å². The molecule has 0 saturated carbocycles. The maximum absolute atomic E-state index is 12.8. The summed E-state index contributed by atoms with van der Waals surface area (Å²) < 4.78 is 5.69. The number of hydrogen-bond acceptors (Lipinski definition) is 4. The van der Waals surface area contributed by atoms with E-state index in [0.29, 0.717) is 49.1 Å². The lowest BCUT2D eigenvalue weighted by molar-refractivity contribution is -0.150. The normalized spacial score (nSPS) is 24.4. The van der Waals surface area contributed by atoms with E-state index in [2.05, 4.69) is 0 Å². The quantitative estimate of drug-likeness (QED) is 0.904. The van der Waals surface area contributed by atoms with E-state index in [4.69, 9.17) is 4.42 Å². The van der Waals surface area contributed by atoms with Crippen LogP contribution in [-0.2, 0) is 11.2 Å². The second-order valence-corrected chi connectivity index (χ2v) is 6.83. The highest BCUT2D eigenvalue weighted by Crippen LogP contribution is 2.33. The highest BCUT2D eigenvalue weighted by molar-refractivity contribution is 6.03. The zero-order valence-corrected chi connectivity index (χ0v) is 13.5. The van der Waals surface area contributed by atoms with Crippen LogP contribution >= 0.6 is 0 Å². The molecule has 1 saturated heterocycles. The molecule has 3 rings (SSSR count). The molecule has 1 aromatic rings.